The molecule has 4 nitrogen and oxygen atoms in total. The molecule has 3 N–H and O–H groups in total. The van der Waals surface area contributed by atoms with Crippen LogP contribution in [0.15, 0.2) is 23.1 Å². The average molecular weight is 268 g/mol. The summed E-state index contributed by atoms with van der Waals surface area (Å²) in [6.07, 6.45) is 5.29. The van der Waals surface area contributed by atoms with Gasteiger partial charge >= 0.3 is 0 Å². The molecule has 0 saturated heterocycles. The van der Waals surface area contributed by atoms with Crippen molar-refractivity contribution < 1.29 is 8.42 Å². The fraction of sp³-hybridized carbons (Fsp3) is 0.538. The molecule has 0 aromatic heterocycles. The van der Waals surface area contributed by atoms with Gasteiger partial charge in [-0.1, -0.05) is 19.3 Å². The Morgan fingerprint density at radius 3 is 2.50 bits per heavy atom. The lowest BCUT2D eigenvalue weighted by Crippen LogP contribution is -2.36. The smallest absolute Gasteiger partial charge is 0.240 e. The van der Waals surface area contributed by atoms with Crippen molar-refractivity contribution in [2.24, 2.45) is 0 Å². The summed E-state index contributed by atoms with van der Waals surface area (Å²) in [5, 5.41) is 0. The molecule has 0 spiro atoms. The van der Waals surface area contributed by atoms with Crippen molar-refractivity contribution in [2.75, 3.05) is 5.73 Å². The maximum atomic E-state index is 12.2. The number of benzene rings is 1. The van der Waals surface area contributed by atoms with Crippen molar-refractivity contribution in [3.8, 4) is 0 Å². The topological polar surface area (TPSA) is 72.2 Å². The molecule has 0 heterocycles. The van der Waals surface area contributed by atoms with Gasteiger partial charge in [0.2, 0.25) is 10.0 Å². The summed E-state index contributed by atoms with van der Waals surface area (Å²) in [6.45, 7) is 1.81. The highest BCUT2D eigenvalue weighted by molar-refractivity contribution is 7.89. The van der Waals surface area contributed by atoms with Crippen molar-refractivity contribution >= 4 is 15.7 Å². The average Bonchev–Trinajstić information content (AvgIpc) is 2.33. The second-order valence-electron chi connectivity index (χ2n) is 4.97. The largest absolute Gasteiger partial charge is 0.399 e. The predicted octanol–water partition coefficient (Wildman–Crippen LogP) is 2.19. The van der Waals surface area contributed by atoms with E-state index < -0.39 is 10.0 Å². The quantitative estimate of drug-likeness (QED) is 0.825. The van der Waals surface area contributed by atoms with Gasteiger partial charge < -0.3 is 5.73 Å². The first-order valence-electron chi connectivity index (χ1n) is 6.37. The van der Waals surface area contributed by atoms with Crippen molar-refractivity contribution in [1.29, 1.82) is 0 Å². The molecule has 1 aromatic rings. The number of hydrogen-bond acceptors (Lipinski definition) is 3. The second-order valence-corrected chi connectivity index (χ2v) is 6.69. The van der Waals surface area contributed by atoms with E-state index in [-0.39, 0.29) is 6.04 Å². The summed E-state index contributed by atoms with van der Waals surface area (Å²) < 4.78 is 27.2. The minimum atomic E-state index is -3.40. The lowest BCUT2D eigenvalue weighted by atomic mass is 9.96. The van der Waals surface area contributed by atoms with Crippen LogP contribution >= 0.6 is 0 Å². The zero-order valence-corrected chi connectivity index (χ0v) is 11.5. The van der Waals surface area contributed by atoms with E-state index in [1.165, 1.54) is 6.42 Å². The Bertz CT molecular complexity index is 520. The van der Waals surface area contributed by atoms with Gasteiger partial charge in [0.05, 0.1) is 4.90 Å². The number of sulfonamides is 1. The van der Waals surface area contributed by atoms with Crippen LogP contribution in [0.5, 0.6) is 0 Å². The molecule has 100 valence electrons. The highest BCUT2D eigenvalue weighted by Crippen LogP contribution is 2.21. The molecule has 1 aromatic carbocycles. The van der Waals surface area contributed by atoms with Gasteiger partial charge in [-0.3, -0.25) is 0 Å². The van der Waals surface area contributed by atoms with Gasteiger partial charge in [-0.15, -0.1) is 0 Å². The normalized spacial score (nSPS) is 17.8. The van der Waals surface area contributed by atoms with E-state index in [4.69, 9.17) is 5.73 Å². The highest BCUT2D eigenvalue weighted by Gasteiger charge is 2.21. The standard InChI is InChI=1S/C13H20N2O2S/c1-10-9-12(7-8-13(10)14)18(16,17)15-11-5-3-2-4-6-11/h7-9,11,15H,2-6,14H2,1H3. The van der Waals surface area contributed by atoms with Crippen molar-refractivity contribution in [3.63, 3.8) is 0 Å². The number of nitrogens with two attached hydrogens (primary N) is 1. The summed E-state index contributed by atoms with van der Waals surface area (Å²) >= 11 is 0. The zero-order valence-electron chi connectivity index (χ0n) is 10.6. The molecule has 5 heteroatoms. The molecule has 1 saturated carbocycles. The molecule has 0 radical (unpaired) electrons. The van der Waals surface area contributed by atoms with E-state index in [9.17, 15) is 8.42 Å². The fourth-order valence-corrected chi connectivity index (χ4v) is 3.71. The van der Waals surface area contributed by atoms with Crippen molar-refractivity contribution in [1.82, 2.24) is 4.72 Å². The first-order valence-corrected chi connectivity index (χ1v) is 7.86. The van der Waals surface area contributed by atoms with Crippen LogP contribution in [0.1, 0.15) is 37.7 Å². The number of rotatable bonds is 3. The lowest BCUT2D eigenvalue weighted by molar-refractivity contribution is 0.412. The first-order chi connectivity index (χ1) is 8.49. The molecule has 1 fully saturated rings. The van der Waals surface area contributed by atoms with Crippen LogP contribution in [0.25, 0.3) is 0 Å². The van der Waals surface area contributed by atoms with Crippen LogP contribution in [0.3, 0.4) is 0 Å². The number of anilines is 1. The third-order valence-corrected chi connectivity index (χ3v) is 5.00. The lowest BCUT2D eigenvalue weighted by Gasteiger charge is -2.22. The number of hydrogen-bond donors (Lipinski definition) is 2. The van der Waals surface area contributed by atoms with E-state index >= 15 is 0 Å². The minimum absolute atomic E-state index is 0.0848. The first kappa shape index (κ1) is 13.4. The summed E-state index contributed by atoms with van der Waals surface area (Å²) in [6, 6.07) is 4.92. The van der Waals surface area contributed by atoms with Crippen LogP contribution in [-0.4, -0.2) is 14.5 Å². The summed E-state index contributed by atoms with van der Waals surface area (Å²) in [5.74, 6) is 0. The molecule has 0 aliphatic heterocycles. The van der Waals surface area contributed by atoms with E-state index in [1.807, 2.05) is 6.92 Å². The Labute approximate surface area is 109 Å². The molecule has 18 heavy (non-hydrogen) atoms. The molecule has 0 bridgehead atoms. The fourth-order valence-electron chi connectivity index (χ4n) is 2.32. The van der Waals surface area contributed by atoms with Crippen LogP contribution in [0.2, 0.25) is 0 Å². The maximum absolute atomic E-state index is 12.2. The third-order valence-electron chi connectivity index (χ3n) is 3.48. The van der Waals surface area contributed by atoms with E-state index in [2.05, 4.69) is 4.72 Å². The second kappa shape index (κ2) is 5.28. The van der Waals surface area contributed by atoms with Gasteiger partial charge in [-0.05, 0) is 43.5 Å². The summed E-state index contributed by atoms with van der Waals surface area (Å²) in [5.41, 5.74) is 7.11. The Morgan fingerprint density at radius 1 is 1.22 bits per heavy atom. The summed E-state index contributed by atoms with van der Waals surface area (Å²) in [4.78, 5) is 0.305. The maximum Gasteiger partial charge on any atom is 0.240 e. The van der Waals surface area contributed by atoms with Crippen LogP contribution in [0, 0.1) is 6.92 Å². The van der Waals surface area contributed by atoms with Crippen LogP contribution < -0.4 is 10.5 Å². The van der Waals surface area contributed by atoms with Gasteiger partial charge in [0, 0.05) is 11.7 Å². The van der Waals surface area contributed by atoms with Crippen molar-refractivity contribution in [3.05, 3.63) is 23.8 Å². The SMILES string of the molecule is Cc1cc(S(=O)(=O)NC2CCCCC2)ccc1N. The summed E-state index contributed by atoms with van der Waals surface area (Å²) in [7, 11) is -3.40. The van der Waals surface area contributed by atoms with Gasteiger partial charge in [0.1, 0.15) is 0 Å². The minimum Gasteiger partial charge on any atom is -0.399 e. The van der Waals surface area contributed by atoms with Gasteiger partial charge in [-0.25, -0.2) is 13.1 Å². The van der Waals surface area contributed by atoms with Gasteiger partial charge in [0.15, 0.2) is 0 Å². The van der Waals surface area contributed by atoms with E-state index in [0.717, 1.165) is 31.2 Å². The van der Waals surface area contributed by atoms with Crippen molar-refractivity contribution in [2.45, 2.75) is 50.0 Å². The van der Waals surface area contributed by atoms with Gasteiger partial charge in [0.25, 0.3) is 0 Å². The van der Waals surface area contributed by atoms with E-state index in [1.54, 1.807) is 18.2 Å². The Morgan fingerprint density at radius 2 is 1.89 bits per heavy atom. The number of nitrogens with one attached hydrogen (secondary N) is 1. The van der Waals surface area contributed by atoms with Crippen LogP contribution in [-0.2, 0) is 10.0 Å². The number of nitrogen functional groups attached to an aromatic ring is 1. The molecular formula is C13H20N2O2S. The predicted molar refractivity (Wildman–Crippen MR) is 72.8 cm³/mol. The monoisotopic (exact) mass is 268 g/mol. The number of aryl methyl sites for hydroxylation is 1. The molecular weight excluding hydrogens is 248 g/mol. The molecule has 0 atom stereocenters. The Kier molecular flexibility index (Phi) is 3.92. The molecule has 1 aliphatic rings. The van der Waals surface area contributed by atoms with Crippen LogP contribution in [0.4, 0.5) is 5.69 Å². The Balaban J connectivity index is 2.16. The van der Waals surface area contributed by atoms with E-state index in [0.29, 0.717) is 10.6 Å². The molecule has 2 rings (SSSR count). The molecule has 0 amide bonds. The molecule has 0 unspecified atom stereocenters. The third kappa shape index (κ3) is 3.03. The molecule has 1 aliphatic carbocycles. The Hall–Kier alpha value is -1.07. The highest BCUT2D eigenvalue weighted by atomic mass is 32.2. The van der Waals surface area contributed by atoms with Gasteiger partial charge in [-0.2, -0.15) is 0 Å². The zero-order chi connectivity index (χ0) is 13.2.